The molecule has 3 heteroatoms. The average molecular weight is 225 g/mol. The molecule has 0 bridgehead atoms. The summed E-state index contributed by atoms with van der Waals surface area (Å²) in [6.07, 6.45) is 4.97. The molecule has 0 unspecified atom stereocenters. The van der Waals surface area contributed by atoms with Gasteiger partial charge >= 0.3 is 5.97 Å². The van der Waals surface area contributed by atoms with Gasteiger partial charge in [-0.05, 0) is 18.8 Å². The Morgan fingerprint density at radius 2 is 2.00 bits per heavy atom. The Hall–Kier alpha value is -0.830. The minimum atomic E-state index is -0.869. The van der Waals surface area contributed by atoms with E-state index in [9.17, 15) is 4.79 Å². The molecule has 1 aliphatic rings. The van der Waals surface area contributed by atoms with Crippen LogP contribution in [-0.4, -0.2) is 35.1 Å². The number of hydrogen-bond donors (Lipinski definition) is 1. The highest BCUT2D eigenvalue weighted by atomic mass is 16.4. The third-order valence-electron chi connectivity index (χ3n) is 3.14. The first kappa shape index (κ1) is 13.2. The SMILES string of the molecule is C=C(CN(CC(C)C)C1CCCC1)C(=O)O. The Bertz CT molecular complexity index is 255. The van der Waals surface area contributed by atoms with Gasteiger partial charge in [0.1, 0.15) is 0 Å². The van der Waals surface area contributed by atoms with E-state index in [0.29, 0.717) is 24.1 Å². The number of carboxylic acid groups (broad SMARTS) is 1. The van der Waals surface area contributed by atoms with Gasteiger partial charge in [0.25, 0.3) is 0 Å². The van der Waals surface area contributed by atoms with Crippen LogP contribution in [-0.2, 0) is 4.79 Å². The molecule has 1 N–H and O–H groups in total. The molecule has 0 amide bonds. The van der Waals surface area contributed by atoms with Gasteiger partial charge in [0.2, 0.25) is 0 Å². The summed E-state index contributed by atoms with van der Waals surface area (Å²) in [5, 5.41) is 8.88. The predicted octanol–water partition coefficient (Wildman–Crippen LogP) is 2.53. The van der Waals surface area contributed by atoms with Crippen LogP contribution < -0.4 is 0 Å². The Balaban J connectivity index is 2.55. The number of aliphatic carboxylic acids is 1. The van der Waals surface area contributed by atoms with Gasteiger partial charge in [-0.15, -0.1) is 0 Å². The topological polar surface area (TPSA) is 40.5 Å². The summed E-state index contributed by atoms with van der Waals surface area (Å²) in [7, 11) is 0. The summed E-state index contributed by atoms with van der Waals surface area (Å²) in [6, 6.07) is 0.568. The molecule has 1 rings (SSSR count). The Morgan fingerprint density at radius 3 is 2.44 bits per heavy atom. The second-order valence-corrected chi connectivity index (χ2v) is 5.17. The maximum Gasteiger partial charge on any atom is 0.332 e. The van der Waals surface area contributed by atoms with Gasteiger partial charge in [-0.25, -0.2) is 4.79 Å². The van der Waals surface area contributed by atoms with Crippen LogP contribution in [0, 0.1) is 5.92 Å². The number of hydrogen-bond acceptors (Lipinski definition) is 2. The average Bonchev–Trinajstić information content (AvgIpc) is 2.68. The Labute approximate surface area is 98.1 Å². The van der Waals surface area contributed by atoms with E-state index in [-0.39, 0.29) is 0 Å². The Kier molecular flexibility index (Phi) is 5.00. The molecule has 0 aromatic rings. The van der Waals surface area contributed by atoms with E-state index in [1.165, 1.54) is 25.7 Å². The van der Waals surface area contributed by atoms with E-state index >= 15 is 0 Å². The number of nitrogens with zero attached hydrogens (tertiary/aromatic N) is 1. The van der Waals surface area contributed by atoms with Gasteiger partial charge in [-0.1, -0.05) is 33.3 Å². The molecule has 92 valence electrons. The van der Waals surface area contributed by atoms with Crippen LogP contribution in [0.15, 0.2) is 12.2 Å². The maximum absolute atomic E-state index is 10.8. The second kappa shape index (κ2) is 6.04. The summed E-state index contributed by atoms with van der Waals surface area (Å²) >= 11 is 0. The van der Waals surface area contributed by atoms with Crippen molar-refractivity contribution in [1.29, 1.82) is 0 Å². The first-order valence-electron chi connectivity index (χ1n) is 6.15. The molecule has 1 fully saturated rings. The molecule has 0 aromatic heterocycles. The van der Waals surface area contributed by atoms with Crippen LogP contribution in [0.1, 0.15) is 39.5 Å². The van der Waals surface area contributed by atoms with Gasteiger partial charge in [0.15, 0.2) is 0 Å². The zero-order valence-electron chi connectivity index (χ0n) is 10.4. The number of carbonyl (C=O) groups is 1. The molecule has 1 saturated carbocycles. The second-order valence-electron chi connectivity index (χ2n) is 5.17. The largest absolute Gasteiger partial charge is 0.478 e. The van der Waals surface area contributed by atoms with Gasteiger partial charge in [-0.3, -0.25) is 4.90 Å². The van der Waals surface area contributed by atoms with Crippen molar-refractivity contribution >= 4 is 5.97 Å². The van der Waals surface area contributed by atoms with Crippen LogP contribution in [0.4, 0.5) is 0 Å². The van der Waals surface area contributed by atoms with Crippen molar-refractivity contribution in [3.8, 4) is 0 Å². The zero-order valence-corrected chi connectivity index (χ0v) is 10.4. The van der Waals surface area contributed by atoms with Crippen molar-refractivity contribution in [1.82, 2.24) is 4.90 Å². The minimum absolute atomic E-state index is 0.313. The third-order valence-corrected chi connectivity index (χ3v) is 3.14. The predicted molar refractivity (Wildman–Crippen MR) is 65.4 cm³/mol. The van der Waals surface area contributed by atoms with Crippen LogP contribution in [0.5, 0.6) is 0 Å². The number of rotatable bonds is 6. The lowest BCUT2D eigenvalue weighted by Gasteiger charge is -2.30. The van der Waals surface area contributed by atoms with Crippen molar-refractivity contribution < 1.29 is 9.90 Å². The van der Waals surface area contributed by atoms with E-state index in [1.807, 2.05) is 0 Å². The van der Waals surface area contributed by atoms with Gasteiger partial charge in [0.05, 0.1) is 0 Å². The summed E-state index contributed by atoms with van der Waals surface area (Å²) in [5.41, 5.74) is 0.313. The third kappa shape index (κ3) is 3.97. The van der Waals surface area contributed by atoms with E-state index in [2.05, 4.69) is 25.3 Å². The van der Waals surface area contributed by atoms with E-state index < -0.39 is 5.97 Å². The van der Waals surface area contributed by atoms with Crippen molar-refractivity contribution in [2.75, 3.05) is 13.1 Å². The summed E-state index contributed by atoms with van der Waals surface area (Å²) < 4.78 is 0. The standard InChI is InChI=1S/C13H23NO2/c1-10(2)8-14(9-11(3)13(15)16)12-6-4-5-7-12/h10,12H,3-9H2,1-2H3,(H,15,16). The van der Waals surface area contributed by atoms with Crippen molar-refractivity contribution in [3.63, 3.8) is 0 Å². The van der Waals surface area contributed by atoms with Gasteiger partial charge in [0, 0.05) is 24.7 Å². The van der Waals surface area contributed by atoms with Crippen LogP contribution in [0.3, 0.4) is 0 Å². The highest BCUT2D eigenvalue weighted by molar-refractivity contribution is 5.86. The zero-order chi connectivity index (χ0) is 12.1. The molecule has 0 atom stereocenters. The highest BCUT2D eigenvalue weighted by Gasteiger charge is 2.24. The first-order valence-corrected chi connectivity index (χ1v) is 6.15. The quantitative estimate of drug-likeness (QED) is 0.706. The fourth-order valence-corrected chi connectivity index (χ4v) is 2.39. The molecular weight excluding hydrogens is 202 g/mol. The van der Waals surface area contributed by atoms with Crippen LogP contribution in [0.25, 0.3) is 0 Å². The molecule has 0 heterocycles. The molecule has 0 spiro atoms. The number of carboxylic acids is 1. The fourth-order valence-electron chi connectivity index (χ4n) is 2.39. The summed E-state index contributed by atoms with van der Waals surface area (Å²) in [6.45, 7) is 9.46. The van der Waals surface area contributed by atoms with Crippen LogP contribution in [0.2, 0.25) is 0 Å². The van der Waals surface area contributed by atoms with Crippen LogP contribution >= 0.6 is 0 Å². The molecule has 0 aliphatic heterocycles. The Morgan fingerprint density at radius 1 is 1.44 bits per heavy atom. The maximum atomic E-state index is 10.8. The lowest BCUT2D eigenvalue weighted by molar-refractivity contribution is -0.133. The normalized spacial score (nSPS) is 17.2. The van der Waals surface area contributed by atoms with E-state index in [0.717, 1.165) is 6.54 Å². The van der Waals surface area contributed by atoms with Gasteiger partial charge in [-0.2, -0.15) is 0 Å². The lowest BCUT2D eigenvalue weighted by Crippen LogP contribution is -2.38. The molecule has 0 saturated heterocycles. The fraction of sp³-hybridized carbons (Fsp3) is 0.769. The molecule has 0 aromatic carbocycles. The van der Waals surface area contributed by atoms with Crippen molar-refractivity contribution in [2.45, 2.75) is 45.6 Å². The van der Waals surface area contributed by atoms with E-state index in [1.54, 1.807) is 0 Å². The molecule has 3 nitrogen and oxygen atoms in total. The summed E-state index contributed by atoms with van der Waals surface area (Å²) in [5.74, 6) is -0.297. The van der Waals surface area contributed by atoms with E-state index in [4.69, 9.17) is 5.11 Å². The summed E-state index contributed by atoms with van der Waals surface area (Å²) in [4.78, 5) is 13.1. The lowest BCUT2D eigenvalue weighted by atomic mass is 10.1. The highest BCUT2D eigenvalue weighted by Crippen LogP contribution is 2.24. The monoisotopic (exact) mass is 225 g/mol. The first-order chi connectivity index (χ1) is 7.50. The smallest absolute Gasteiger partial charge is 0.332 e. The van der Waals surface area contributed by atoms with Crippen molar-refractivity contribution in [2.24, 2.45) is 5.92 Å². The molecule has 1 aliphatic carbocycles. The minimum Gasteiger partial charge on any atom is -0.478 e. The molecule has 16 heavy (non-hydrogen) atoms. The van der Waals surface area contributed by atoms with Gasteiger partial charge < -0.3 is 5.11 Å². The molecule has 0 radical (unpaired) electrons. The molecular formula is C13H23NO2. The van der Waals surface area contributed by atoms with Crippen molar-refractivity contribution in [3.05, 3.63) is 12.2 Å².